The molecule has 4 heteroatoms. The molecule has 0 aromatic rings. The molecule has 0 aromatic heterocycles. The number of carbonyl (C=O) groups excluding carboxylic acids is 1. The van der Waals surface area contributed by atoms with Gasteiger partial charge in [-0.05, 0) is 20.9 Å². The first-order chi connectivity index (χ1) is 6.08. The van der Waals surface area contributed by atoms with Crippen LogP contribution in [0.5, 0.6) is 0 Å². The summed E-state index contributed by atoms with van der Waals surface area (Å²) < 4.78 is 0. The Balaban J connectivity index is 2.55. The molecule has 0 radical (unpaired) electrons. The van der Waals surface area contributed by atoms with Gasteiger partial charge in [0.2, 0.25) is 5.91 Å². The van der Waals surface area contributed by atoms with E-state index in [1.165, 1.54) is 0 Å². The van der Waals surface area contributed by atoms with Crippen molar-refractivity contribution in [3.63, 3.8) is 0 Å². The third kappa shape index (κ3) is 2.42. The minimum absolute atomic E-state index is 0.191. The van der Waals surface area contributed by atoms with Gasteiger partial charge in [-0.1, -0.05) is 0 Å². The van der Waals surface area contributed by atoms with Crippen LogP contribution in [0.25, 0.3) is 0 Å². The average Bonchev–Trinajstić information content (AvgIpc) is 2.18. The topological polar surface area (TPSA) is 44.4 Å². The van der Waals surface area contributed by atoms with Gasteiger partial charge in [0.15, 0.2) is 0 Å². The quantitative estimate of drug-likeness (QED) is 0.605. The highest BCUT2D eigenvalue weighted by Crippen LogP contribution is 2.07. The molecule has 13 heavy (non-hydrogen) atoms. The highest BCUT2D eigenvalue weighted by molar-refractivity contribution is 5.85. The van der Waals surface area contributed by atoms with Crippen LogP contribution >= 0.6 is 0 Å². The van der Waals surface area contributed by atoms with E-state index in [0.29, 0.717) is 0 Å². The van der Waals surface area contributed by atoms with Gasteiger partial charge in [-0.2, -0.15) is 0 Å². The van der Waals surface area contributed by atoms with E-state index in [1.807, 2.05) is 25.8 Å². The third-order valence-electron chi connectivity index (χ3n) is 2.56. The zero-order valence-corrected chi connectivity index (χ0v) is 8.68. The van der Waals surface area contributed by atoms with Gasteiger partial charge in [0.05, 0.1) is 5.54 Å². The van der Waals surface area contributed by atoms with Crippen LogP contribution in [-0.2, 0) is 4.79 Å². The second-order valence-electron chi connectivity index (χ2n) is 3.92. The number of hydrogen-bond donors (Lipinski definition) is 2. The summed E-state index contributed by atoms with van der Waals surface area (Å²) in [5.41, 5.74) is -0.433. The standard InChI is InChI=1S/C9H19N3O/c1-9(2,10-3)8(13)12-6-4-11-5-7-12/h10-11H,4-7H2,1-3H3. The van der Waals surface area contributed by atoms with Gasteiger partial charge in [-0.3, -0.25) is 4.79 Å². The molecule has 1 fully saturated rings. The van der Waals surface area contributed by atoms with Crippen molar-refractivity contribution < 1.29 is 4.79 Å². The molecule has 0 bridgehead atoms. The van der Waals surface area contributed by atoms with Gasteiger partial charge in [-0.25, -0.2) is 0 Å². The zero-order valence-electron chi connectivity index (χ0n) is 8.68. The molecule has 1 aliphatic rings. The van der Waals surface area contributed by atoms with Gasteiger partial charge < -0.3 is 15.5 Å². The zero-order chi connectivity index (χ0) is 9.90. The van der Waals surface area contributed by atoms with E-state index in [9.17, 15) is 4.79 Å². The molecular weight excluding hydrogens is 166 g/mol. The number of rotatable bonds is 2. The fourth-order valence-corrected chi connectivity index (χ4v) is 1.37. The summed E-state index contributed by atoms with van der Waals surface area (Å²) in [6, 6.07) is 0. The lowest BCUT2D eigenvalue weighted by Crippen LogP contribution is -2.57. The van der Waals surface area contributed by atoms with E-state index in [4.69, 9.17) is 0 Å². The Hall–Kier alpha value is -0.610. The van der Waals surface area contributed by atoms with Crippen LogP contribution in [0.3, 0.4) is 0 Å². The van der Waals surface area contributed by atoms with E-state index in [1.54, 1.807) is 0 Å². The van der Waals surface area contributed by atoms with Crippen LogP contribution in [0.15, 0.2) is 0 Å². The number of piperazine rings is 1. The fraction of sp³-hybridized carbons (Fsp3) is 0.889. The van der Waals surface area contributed by atoms with E-state index in [0.717, 1.165) is 26.2 Å². The second-order valence-corrected chi connectivity index (χ2v) is 3.92. The smallest absolute Gasteiger partial charge is 0.242 e. The number of carbonyl (C=O) groups is 1. The molecule has 0 spiro atoms. The summed E-state index contributed by atoms with van der Waals surface area (Å²) in [5, 5.41) is 6.25. The molecule has 1 amide bonds. The van der Waals surface area contributed by atoms with Crippen LogP contribution < -0.4 is 10.6 Å². The normalized spacial score (nSPS) is 18.8. The third-order valence-corrected chi connectivity index (χ3v) is 2.56. The molecular formula is C9H19N3O. The molecule has 2 N–H and O–H groups in total. The summed E-state index contributed by atoms with van der Waals surface area (Å²) in [6.07, 6.45) is 0. The summed E-state index contributed by atoms with van der Waals surface area (Å²) in [7, 11) is 1.82. The molecule has 0 atom stereocenters. The Labute approximate surface area is 79.7 Å². The van der Waals surface area contributed by atoms with E-state index in [2.05, 4.69) is 10.6 Å². The van der Waals surface area contributed by atoms with Crippen LogP contribution in [0.1, 0.15) is 13.8 Å². The lowest BCUT2D eigenvalue weighted by atomic mass is 10.0. The molecule has 0 saturated carbocycles. The summed E-state index contributed by atoms with van der Waals surface area (Å²) in [6.45, 7) is 7.29. The minimum Gasteiger partial charge on any atom is -0.339 e. The first-order valence-corrected chi connectivity index (χ1v) is 4.77. The van der Waals surface area contributed by atoms with E-state index >= 15 is 0 Å². The number of nitrogens with zero attached hydrogens (tertiary/aromatic N) is 1. The van der Waals surface area contributed by atoms with Gasteiger partial charge in [-0.15, -0.1) is 0 Å². The van der Waals surface area contributed by atoms with Crippen molar-refractivity contribution in [2.45, 2.75) is 19.4 Å². The number of likely N-dealkylation sites (N-methyl/N-ethyl adjacent to an activating group) is 1. The van der Waals surface area contributed by atoms with Crippen molar-refractivity contribution in [3.8, 4) is 0 Å². The summed E-state index contributed by atoms with van der Waals surface area (Å²) in [4.78, 5) is 13.8. The molecule has 76 valence electrons. The van der Waals surface area contributed by atoms with Crippen molar-refractivity contribution in [1.82, 2.24) is 15.5 Å². The average molecular weight is 185 g/mol. The number of hydrogen-bond acceptors (Lipinski definition) is 3. The Kier molecular flexibility index (Phi) is 3.27. The number of nitrogens with one attached hydrogen (secondary N) is 2. The molecule has 1 saturated heterocycles. The number of amides is 1. The highest BCUT2D eigenvalue weighted by atomic mass is 16.2. The lowest BCUT2D eigenvalue weighted by molar-refractivity contribution is -0.137. The first kappa shape index (κ1) is 10.5. The molecule has 0 aliphatic carbocycles. The van der Waals surface area contributed by atoms with Crippen molar-refractivity contribution in [2.75, 3.05) is 33.2 Å². The maximum Gasteiger partial charge on any atom is 0.242 e. The minimum atomic E-state index is -0.433. The summed E-state index contributed by atoms with van der Waals surface area (Å²) in [5.74, 6) is 0.191. The molecule has 0 unspecified atom stereocenters. The van der Waals surface area contributed by atoms with Crippen molar-refractivity contribution in [3.05, 3.63) is 0 Å². The Morgan fingerprint density at radius 1 is 1.38 bits per heavy atom. The monoisotopic (exact) mass is 185 g/mol. The Bertz CT molecular complexity index is 185. The Morgan fingerprint density at radius 3 is 2.38 bits per heavy atom. The van der Waals surface area contributed by atoms with Crippen molar-refractivity contribution in [1.29, 1.82) is 0 Å². The summed E-state index contributed by atoms with van der Waals surface area (Å²) >= 11 is 0. The first-order valence-electron chi connectivity index (χ1n) is 4.77. The molecule has 0 aromatic carbocycles. The Morgan fingerprint density at radius 2 is 1.92 bits per heavy atom. The predicted octanol–water partition coefficient (Wildman–Crippen LogP) is -0.584. The largest absolute Gasteiger partial charge is 0.339 e. The maximum absolute atomic E-state index is 11.9. The van der Waals surface area contributed by atoms with Gasteiger partial charge in [0.25, 0.3) is 0 Å². The van der Waals surface area contributed by atoms with Gasteiger partial charge in [0, 0.05) is 26.2 Å². The maximum atomic E-state index is 11.9. The van der Waals surface area contributed by atoms with Crippen LogP contribution in [-0.4, -0.2) is 49.6 Å². The van der Waals surface area contributed by atoms with E-state index in [-0.39, 0.29) is 5.91 Å². The fourth-order valence-electron chi connectivity index (χ4n) is 1.37. The van der Waals surface area contributed by atoms with E-state index < -0.39 is 5.54 Å². The van der Waals surface area contributed by atoms with Crippen LogP contribution in [0.4, 0.5) is 0 Å². The molecule has 4 nitrogen and oxygen atoms in total. The lowest BCUT2D eigenvalue weighted by Gasteiger charge is -2.34. The van der Waals surface area contributed by atoms with Crippen LogP contribution in [0.2, 0.25) is 0 Å². The van der Waals surface area contributed by atoms with Gasteiger partial charge >= 0.3 is 0 Å². The molecule has 1 aliphatic heterocycles. The molecule has 1 heterocycles. The van der Waals surface area contributed by atoms with Crippen LogP contribution in [0, 0.1) is 0 Å². The van der Waals surface area contributed by atoms with Crippen molar-refractivity contribution in [2.24, 2.45) is 0 Å². The van der Waals surface area contributed by atoms with Gasteiger partial charge in [0.1, 0.15) is 0 Å². The molecule has 1 rings (SSSR count). The SMILES string of the molecule is CNC(C)(C)C(=O)N1CCNCC1. The predicted molar refractivity (Wildman–Crippen MR) is 52.6 cm³/mol. The van der Waals surface area contributed by atoms with Crippen molar-refractivity contribution >= 4 is 5.91 Å². The highest BCUT2D eigenvalue weighted by Gasteiger charge is 2.30. The second kappa shape index (κ2) is 4.07.